The summed E-state index contributed by atoms with van der Waals surface area (Å²) in [4.78, 5) is -0.752. The molecule has 0 aliphatic rings. The smallest absolute Gasteiger partial charge is 0.282 e. The second kappa shape index (κ2) is 5.02. The highest BCUT2D eigenvalue weighted by Crippen LogP contribution is 2.36. The molecule has 0 aliphatic carbocycles. The van der Waals surface area contributed by atoms with Gasteiger partial charge in [0.05, 0.1) is 0 Å². The Kier molecular flexibility index (Phi) is 3.85. The van der Waals surface area contributed by atoms with Crippen LogP contribution < -0.4 is 0 Å². The minimum Gasteiger partial charge on any atom is -0.282 e. The van der Waals surface area contributed by atoms with Crippen LogP contribution >= 0.6 is 0 Å². The highest BCUT2D eigenvalue weighted by atomic mass is 32.2. The molecule has 0 bridgehead atoms. The van der Waals surface area contributed by atoms with Gasteiger partial charge >= 0.3 is 0 Å². The second-order valence-corrected chi connectivity index (χ2v) is 8.74. The van der Waals surface area contributed by atoms with E-state index < -0.39 is 30.5 Å². The van der Waals surface area contributed by atoms with Gasteiger partial charge in [-0.3, -0.25) is 9.11 Å². The highest BCUT2D eigenvalue weighted by Gasteiger charge is 2.28. The van der Waals surface area contributed by atoms with Gasteiger partial charge in [0, 0.05) is 10.8 Å². The van der Waals surface area contributed by atoms with Crippen LogP contribution in [0.1, 0.15) is 26.3 Å². The van der Waals surface area contributed by atoms with Crippen molar-refractivity contribution in [3.8, 4) is 0 Å². The summed E-state index contributed by atoms with van der Waals surface area (Å²) in [5.74, 6) is 0. The monoisotopic (exact) mass is 344 g/mol. The topological polar surface area (TPSA) is 109 Å². The molecule has 0 saturated carbocycles. The van der Waals surface area contributed by atoms with Gasteiger partial charge in [-0.2, -0.15) is 16.8 Å². The third-order valence-corrected chi connectivity index (χ3v) is 5.18. The van der Waals surface area contributed by atoms with Crippen molar-refractivity contribution in [2.75, 3.05) is 0 Å². The standard InChI is InChI=1S/C14H16O6S2/c1-14(2,3)11-8-7-9-10(13(11)22(18,19)20)5-4-6-12(9)21(15,16)17/h4-8H,1-3H3,(H,15,16,17)(H,18,19,20). The van der Waals surface area contributed by atoms with E-state index in [-0.39, 0.29) is 15.7 Å². The molecule has 0 radical (unpaired) electrons. The van der Waals surface area contributed by atoms with Crippen LogP contribution in [-0.4, -0.2) is 25.9 Å². The summed E-state index contributed by atoms with van der Waals surface area (Å²) in [6.45, 7) is 5.32. The molecule has 0 unspecified atom stereocenters. The Labute approximate surface area is 129 Å². The maximum Gasteiger partial charge on any atom is 0.295 e. The third-order valence-electron chi connectivity index (χ3n) is 3.32. The summed E-state index contributed by atoms with van der Waals surface area (Å²) in [5.41, 5.74) is -0.233. The first-order valence-corrected chi connectivity index (χ1v) is 9.22. The van der Waals surface area contributed by atoms with Crippen LogP contribution in [0, 0.1) is 0 Å². The zero-order valence-electron chi connectivity index (χ0n) is 12.2. The SMILES string of the molecule is CC(C)(C)c1ccc2c(S(=O)(=O)O)cccc2c1S(=O)(=O)O. The largest absolute Gasteiger partial charge is 0.295 e. The van der Waals surface area contributed by atoms with E-state index >= 15 is 0 Å². The molecule has 0 saturated heterocycles. The molecule has 2 N–H and O–H groups in total. The summed E-state index contributed by atoms with van der Waals surface area (Å²) >= 11 is 0. The Hall–Kier alpha value is -1.48. The van der Waals surface area contributed by atoms with Crippen LogP contribution in [0.5, 0.6) is 0 Å². The number of hydrogen-bond donors (Lipinski definition) is 2. The maximum atomic E-state index is 11.8. The normalized spacial score (nSPS) is 13.5. The molecule has 0 amide bonds. The predicted octanol–water partition coefficient (Wildman–Crippen LogP) is 2.63. The Morgan fingerprint density at radius 2 is 1.41 bits per heavy atom. The van der Waals surface area contributed by atoms with Gasteiger partial charge in [0.15, 0.2) is 0 Å². The molecule has 2 rings (SSSR count). The minimum absolute atomic E-state index is 0.0330. The average molecular weight is 344 g/mol. The van der Waals surface area contributed by atoms with Crippen LogP contribution in [0.25, 0.3) is 10.8 Å². The molecule has 0 fully saturated rings. The molecule has 0 heterocycles. The van der Waals surface area contributed by atoms with Crippen molar-refractivity contribution < 1.29 is 25.9 Å². The molecule has 120 valence electrons. The minimum atomic E-state index is -4.58. The number of hydrogen-bond acceptors (Lipinski definition) is 4. The van der Waals surface area contributed by atoms with E-state index in [1.54, 1.807) is 20.8 Å². The van der Waals surface area contributed by atoms with Crippen LogP contribution in [0.2, 0.25) is 0 Å². The molecule has 6 nitrogen and oxygen atoms in total. The lowest BCUT2D eigenvalue weighted by molar-refractivity contribution is 0.476. The van der Waals surface area contributed by atoms with E-state index in [9.17, 15) is 25.9 Å². The summed E-state index contributed by atoms with van der Waals surface area (Å²) < 4.78 is 65.4. The van der Waals surface area contributed by atoms with Crippen molar-refractivity contribution >= 4 is 31.0 Å². The summed E-state index contributed by atoms with van der Waals surface area (Å²) in [6.07, 6.45) is 0. The third kappa shape index (κ3) is 3.00. The quantitative estimate of drug-likeness (QED) is 0.811. The van der Waals surface area contributed by atoms with E-state index in [0.717, 1.165) is 0 Å². The van der Waals surface area contributed by atoms with Gasteiger partial charge in [0.1, 0.15) is 9.79 Å². The van der Waals surface area contributed by atoms with Gasteiger partial charge in [-0.25, -0.2) is 0 Å². The Bertz CT molecular complexity index is 951. The molecule has 22 heavy (non-hydrogen) atoms. The highest BCUT2D eigenvalue weighted by molar-refractivity contribution is 7.86. The zero-order chi connectivity index (χ0) is 16.9. The van der Waals surface area contributed by atoms with E-state index in [0.29, 0.717) is 5.56 Å². The number of benzene rings is 2. The molecule has 8 heteroatoms. The predicted molar refractivity (Wildman–Crippen MR) is 82.3 cm³/mol. The van der Waals surface area contributed by atoms with Crippen molar-refractivity contribution in [1.82, 2.24) is 0 Å². The van der Waals surface area contributed by atoms with Crippen molar-refractivity contribution in [3.63, 3.8) is 0 Å². The molecular formula is C14H16O6S2. The van der Waals surface area contributed by atoms with Crippen LogP contribution in [0.3, 0.4) is 0 Å². The lowest BCUT2D eigenvalue weighted by atomic mass is 9.86. The van der Waals surface area contributed by atoms with E-state index in [1.165, 1.54) is 30.3 Å². The first-order valence-electron chi connectivity index (χ1n) is 6.34. The van der Waals surface area contributed by atoms with Crippen LogP contribution in [-0.2, 0) is 25.7 Å². The van der Waals surface area contributed by atoms with Gasteiger partial charge < -0.3 is 0 Å². The molecule has 0 atom stereocenters. The van der Waals surface area contributed by atoms with Gasteiger partial charge in [0.25, 0.3) is 20.2 Å². The molecule has 0 spiro atoms. The summed E-state index contributed by atoms with van der Waals surface area (Å²) in [7, 11) is -9.10. The fraction of sp³-hybridized carbons (Fsp3) is 0.286. The van der Waals surface area contributed by atoms with E-state index in [2.05, 4.69) is 0 Å². The molecule has 0 aromatic heterocycles. The van der Waals surface area contributed by atoms with Crippen LogP contribution in [0.4, 0.5) is 0 Å². The average Bonchev–Trinajstić information content (AvgIpc) is 2.33. The Morgan fingerprint density at radius 3 is 1.86 bits per heavy atom. The zero-order valence-corrected chi connectivity index (χ0v) is 13.9. The van der Waals surface area contributed by atoms with Gasteiger partial charge in [0.2, 0.25) is 0 Å². The Morgan fingerprint density at radius 1 is 0.818 bits per heavy atom. The second-order valence-electron chi connectivity index (χ2n) is 5.99. The molecule has 2 aromatic rings. The molecule has 2 aromatic carbocycles. The fourth-order valence-corrected chi connectivity index (χ4v) is 4.21. The summed E-state index contributed by atoms with van der Waals surface area (Å²) in [5, 5.41) is 0.0793. The van der Waals surface area contributed by atoms with Crippen LogP contribution in [0.15, 0.2) is 40.1 Å². The van der Waals surface area contributed by atoms with Crippen molar-refractivity contribution in [2.45, 2.75) is 36.0 Å². The molecular weight excluding hydrogens is 328 g/mol. The van der Waals surface area contributed by atoms with Gasteiger partial charge in [-0.15, -0.1) is 0 Å². The summed E-state index contributed by atoms with van der Waals surface area (Å²) in [6, 6.07) is 6.74. The fourth-order valence-electron chi connectivity index (χ4n) is 2.39. The molecule has 0 aliphatic heterocycles. The van der Waals surface area contributed by atoms with E-state index in [4.69, 9.17) is 0 Å². The lowest BCUT2D eigenvalue weighted by Crippen LogP contribution is -2.17. The van der Waals surface area contributed by atoms with Crippen molar-refractivity contribution in [3.05, 3.63) is 35.9 Å². The van der Waals surface area contributed by atoms with E-state index in [1.807, 2.05) is 0 Å². The number of fused-ring (bicyclic) bond motifs is 1. The van der Waals surface area contributed by atoms with Gasteiger partial charge in [-0.1, -0.05) is 45.0 Å². The lowest BCUT2D eigenvalue weighted by Gasteiger charge is -2.23. The van der Waals surface area contributed by atoms with Crippen molar-refractivity contribution in [1.29, 1.82) is 0 Å². The Balaban J connectivity index is 3.10. The maximum absolute atomic E-state index is 11.8. The first-order chi connectivity index (χ1) is 9.83. The number of rotatable bonds is 2. The first kappa shape index (κ1) is 16.9. The van der Waals surface area contributed by atoms with Crippen molar-refractivity contribution in [2.24, 2.45) is 0 Å². The van der Waals surface area contributed by atoms with Gasteiger partial charge in [-0.05, 0) is 17.0 Å².